The standard InChI is InChI=1S/C23H25ClFN5OS/c1-2-29-13-11-16(12-14-29)26-21(31)15-32-23-28-27-22(17-7-3-4-8-18(17)24)30(23)20-10-6-5-9-19(20)25/h3-10,16H,2,11-15H2,1H3,(H,26,31). The van der Waals surface area contributed by atoms with Gasteiger partial charge in [0.05, 0.1) is 16.5 Å². The van der Waals surface area contributed by atoms with Crippen molar-refractivity contribution in [2.75, 3.05) is 25.4 Å². The van der Waals surface area contributed by atoms with Crippen molar-refractivity contribution in [3.63, 3.8) is 0 Å². The van der Waals surface area contributed by atoms with Crippen LogP contribution in [0.25, 0.3) is 17.1 Å². The lowest BCUT2D eigenvalue weighted by molar-refractivity contribution is -0.119. The summed E-state index contributed by atoms with van der Waals surface area (Å²) < 4.78 is 16.3. The molecule has 168 valence electrons. The Morgan fingerprint density at radius 3 is 2.59 bits per heavy atom. The average molecular weight is 474 g/mol. The fourth-order valence-electron chi connectivity index (χ4n) is 3.82. The summed E-state index contributed by atoms with van der Waals surface area (Å²) in [5.74, 6) is 0.126. The van der Waals surface area contributed by atoms with Crippen molar-refractivity contribution in [2.45, 2.75) is 31.0 Å². The number of likely N-dealkylation sites (tertiary alicyclic amines) is 1. The number of rotatable bonds is 7. The maximum atomic E-state index is 14.7. The van der Waals surface area contributed by atoms with Gasteiger partial charge >= 0.3 is 0 Å². The highest BCUT2D eigenvalue weighted by Gasteiger charge is 2.23. The lowest BCUT2D eigenvalue weighted by atomic mass is 10.1. The first-order valence-electron chi connectivity index (χ1n) is 10.7. The van der Waals surface area contributed by atoms with Crippen molar-refractivity contribution in [3.8, 4) is 17.1 Å². The van der Waals surface area contributed by atoms with E-state index >= 15 is 0 Å². The highest BCUT2D eigenvalue weighted by Crippen LogP contribution is 2.32. The van der Waals surface area contributed by atoms with Crippen LogP contribution in [0.4, 0.5) is 4.39 Å². The number of amides is 1. The first-order valence-corrected chi connectivity index (χ1v) is 12.0. The summed E-state index contributed by atoms with van der Waals surface area (Å²) >= 11 is 7.61. The van der Waals surface area contributed by atoms with E-state index in [4.69, 9.17) is 11.6 Å². The molecule has 1 saturated heterocycles. The van der Waals surface area contributed by atoms with Gasteiger partial charge in [-0.1, -0.05) is 54.6 Å². The molecule has 3 aromatic rings. The van der Waals surface area contributed by atoms with Crippen LogP contribution >= 0.6 is 23.4 Å². The predicted octanol–water partition coefficient (Wildman–Crippen LogP) is 4.42. The van der Waals surface area contributed by atoms with Crippen LogP contribution in [-0.2, 0) is 4.79 Å². The number of benzene rings is 2. The van der Waals surface area contributed by atoms with Crippen LogP contribution in [0, 0.1) is 5.82 Å². The maximum absolute atomic E-state index is 14.7. The normalized spacial score (nSPS) is 15.1. The lowest BCUT2D eigenvalue weighted by Gasteiger charge is -2.31. The Hall–Kier alpha value is -2.42. The number of hydrogen-bond acceptors (Lipinski definition) is 5. The SMILES string of the molecule is CCN1CCC(NC(=O)CSc2nnc(-c3ccccc3Cl)n2-c2ccccc2F)CC1. The van der Waals surface area contributed by atoms with Crippen molar-refractivity contribution in [2.24, 2.45) is 0 Å². The summed E-state index contributed by atoms with van der Waals surface area (Å²) in [4.78, 5) is 15.0. The molecule has 6 nitrogen and oxygen atoms in total. The third-order valence-corrected chi connectivity index (χ3v) is 6.83. The number of nitrogens with one attached hydrogen (secondary N) is 1. The number of piperidine rings is 1. The Kier molecular flexibility index (Phi) is 7.44. The van der Waals surface area contributed by atoms with Crippen LogP contribution in [0.1, 0.15) is 19.8 Å². The number of carbonyl (C=O) groups excluding carboxylic acids is 1. The molecule has 1 aromatic heterocycles. The van der Waals surface area contributed by atoms with E-state index < -0.39 is 5.82 Å². The molecule has 1 fully saturated rings. The van der Waals surface area contributed by atoms with Gasteiger partial charge in [0.2, 0.25) is 5.91 Å². The molecule has 0 bridgehead atoms. The summed E-state index contributed by atoms with van der Waals surface area (Å²) in [5, 5.41) is 12.6. The largest absolute Gasteiger partial charge is 0.353 e. The van der Waals surface area contributed by atoms with Crippen molar-refractivity contribution >= 4 is 29.3 Å². The highest BCUT2D eigenvalue weighted by molar-refractivity contribution is 7.99. The molecule has 32 heavy (non-hydrogen) atoms. The van der Waals surface area contributed by atoms with E-state index in [9.17, 15) is 9.18 Å². The number of hydrogen-bond donors (Lipinski definition) is 1. The van der Waals surface area contributed by atoms with Crippen LogP contribution in [-0.4, -0.2) is 57.0 Å². The van der Waals surface area contributed by atoms with Gasteiger partial charge in [0.1, 0.15) is 5.82 Å². The monoisotopic (exact) mass is 473 g/mol. The van der Waals surface area contributed by atoms with Gasteiger partial charge < -0.3 is 10.2 Å². The van der Waals surface area contributed by atoms with E-state index in [1.165, 1.54) is 17.8 Å². The number of thioether (sulfide) groups is 1. The van der Waals surface area contributed by atoms with Gasteiger partial charge in [-0.25, -0.2) is 4.39 Å². The van der Waals surface area contributed by atoms with Gasteiger partial charge in [-0.05, 0) is 43.7 Å². The molecule has 0 radical (unpaired) electrons. The zero-order valence-corrected chi connectivity index (χ0v) is 19.4. The molecule has 1 amide bonds. The third-order valence-electron chi connectivity index (χ3n) is 5.57. The van der Waals surface area contributed by atoms with E-state index in [1.807, 2.05) is 18.2 Å². The molecule has 0 spiro atoms. The van der Waals surface area contributed by atoms with Crippen LogP contribution in [0.5, 0.6) is 0 Å². The first kappa shape index (κ1) is 22.8. The molecule has 1 N–H and O–H groups in total. The average Bonchev–Trinajstić information content (AvgIpc) is 3.22. The molecule has 2 heterocycles. The summed E-state index contributed by atoms with van der Waals surface area (Å²) in [6, 6.07) is 13.8. The van der Waals surface area contributed by atoms with Crippen LogP contribution < -0.4 is 5.32 Å². The van der Waals surface area contributed by atoms with Crippen LogP contribution in [0.2, 0.25) is 5.02 Å². The van der Waals surface area contributed by atoms with E-state index in [0.717, 1.165) is 32.5 Å². The fraction of sp³-hybridized carbons (Fsp3) is 0.348. The lowest BCUT2D eigenvalue weighted by Crippen LogP contribution is -2.45. The molecule has 0 atom stereocenters. The van der Waals surface area contributed by atoms with Gasteiger partial charge in [0.25, 0.3) is 0 Å². The topological polar surface area (TPSA) is 63.1 Å². The van der Waals surface area contributed by atoms with Crippen molar-refractivity contribution in [1.82, 2.24) is 25.0 Å². The van der Waals surface area contributed by atoms with Gasteiger partial charge in [0, 0.05) is 24.7 Å². The summed E-state index contributed by atoms with van der Waals surface area (Å²) in [7, 11) is 0. The zero-order chi connectivity index (χ0) is 22.5. The minimum Gasteiger partial charge on any atom is -0.353 e. The van der Waals surface area contributed by atoms with Gasteiger partial charge in [0.15, 0.2) is 11.0 Å². The zero-order valence-electron chi connectivity index (χ0n) is 17.8. The number of carbonyl (C=O) groups is 1. The van der Waals surface area contributed by atoms with Gasteiger partial charge in [-0.2, -0.15) is 0 Å². The molecule has 2 aromatic carbocycles. The molecule has 1 aliphatic heterocycles. The van der Waals surface area contributed by atoms with Crippen molar-refractivity contribution in [1.29, 1.82) is 0 Å². The van der Waals surface area contributed by atoms with E-state index in [1.54, 1.807) is 28.8 Å². The minimum atomic E-state index is -0.408. The first-order chi connectivity index (χ1) is 15.6. The third kappa shape index (κ3) is 5.14. The number of aromatic nitrogens is 3. The quantitative estimate of drug-likeness (QED) is 0.515. The predicted molar refractivity (Wildman–Crippen MR) is 126 cm³/mol. The Labute approximate surface area is 196 Å². The second-order valence-corrected chi connectivity index (χ2v) is 8.99. The molecular weight excluding hydrogens is 449 g/mol. The van der Waals surface area contributed by atoms with E-state index in [0.29, 0.717) is 27.3 Å². The second-order valence-electron chi connectivity index (χ2n) is 7.64. The molecule has 0 aliphatic carbocycles. The number of nitrogens with zero attached hydrogens (tertiary/aromatic N) is 4. The van der Waals surface area contributed by atoms with Crippen LogP contribution in [0.15, 0.2) is 53.7 Å². The molecule has 4 rings (SSSR count). The summed E-state index contributed by atoms with van der Waals surface area (Å²) in [5.41, 5.74) is 0.950. The Balaban J connectivity index is 1.53. The van der Waals surface area contributed by atoms with Gasteiger partial charge in [-0.3, -0.25) is 9.36 Å². The van der Waals surface area contributed by atoms with Gasteiger partial charge in [-0.15, -0.1) is 10.2 Å². The van der Waals surface area contributed by atoms with Crippen LogP contribution in [0.3, 0.4) is 0 Å². The van der Waals surface area contributed by atoms with Crippen molar-refractivity contribution in [3.05, 3.63) is 59.4 Å². The fourth-order valence-corrected chi connectivity index (χ4v) is 4.80. The number of halogens is 2. The highest BCUT2D eigenvalue weighted by atomic mass is 35.5. The molecule has 1 aliphatic rings. The molecule has 0 saturated carbocycles. The molecule has 0 unspecified atom stereocenters. The summed E-state index contributed by atoms with van der Waals surface area (Å²) in [6.45, 7) is 5.18. The minimum absolute atomic E-state index is 0.0627. The Morgan fingerprint density at radius 2 is 1.88 bits per heavy atom. The van der Waals surface area contributed by atoms with E-state index in [-0.39, 0.29) is 17.7 Å². The molecular formula is C23H25ClFN5OS. The summed E-state index contributed by atoms with van der Waals surface area (Å²) in [6.07, 6.45) is 1.90. The maximum Gasteiger partial charge on any atom is 0.230 e. The molecule has 9 heteroatoms. The smallest absolute Gasteiger partial charge is 0.230 e. The Bertz CT molecular complexity index is 1080. The van der Waals surface area contributed by atoms with Crippen molar-refractivity contribution < 1.29 is 9.18 Å². The second kappa shape index (κ2) is 10.5. The Morgan fingerprint density at radius 1 is 1.16 bits per heavy atom. The number of para-hydroxylation sites is 1. The van der Waals surface area contributed by atoms with E-state index in [2.05, 4.69) is 27.3 Å².